The fourth-order valence-electron chi connectivity index (χ4n) is 2.66. The van der Waals surface area contributed by atoms with Crippen LogP contribution in [0.4, 0.5) is 4.39 Å². The van der Waals surface area contributed by atoms with E-state index in [0.717, 1.165) is 6.26 Å². The van der Waals surface area contributed by atoms with Gasteiger partial charge in [-0.25, -0.2) is 4.39 Å². The summed E-state index contributed by atoms with van der Waals surface area (Å²) < 4.78 is 47.1. The molecule has 6 nitrogen and oxygen atoms in total. The second kappa shape index (κ2) is 7.67. The molecule has 2 rings (SSSR count). The molecule has 1 amide bonds. The van der Waals surface area contributed by atoms with Gasteiger partial charge in [-0.1, -0.05) is 11.6 Å². The predicted molar refractivity (Wildman–Crippen MR) is 87.4 cm³/mol. The highest BCUT2D eigenvalue weighted by Crippen LogP contribution is 2.39. The third-order valence-corrected chi connectivity index (χ3v) is 4.50. The van der Waals surface area contributed by atoms with E-state index >= 15 is 0 Å². The molecule has 1 heterocycles. The molecule has 0 spiro atoms. The first-order chi connectivity index (χ1) is 11.2. The van der Waals surface area contributed by atoms with Crippen LogP contribution in [0.25, 0.3) is 0 Å². The molecule has 9 heteroatoms. The fourth-order valence-corrected chi connectivity index (χ4v) is 3.28. The average Bonchev–Trinajstić information content (AvgIpc) is 2.89. The number of nitrogens with one attached hydrogen (secondary N) is 1. The first-order valence-corrected chi connectivity index (χ1v) is 9.67. The molecule has 1 saturated heterocycles. The van der Waals surface area contributed by atoms with Gasteiger partial charge in [0, 0.05) is 30.9 Å². The molecular formula is C15H19ClFNO5S. The van der Waals surface area contributed by atoms with E-state index < -0.39 is 15.9 Å². The number of hydrogen-bond donors (Lipinski definition) is 1. The van der Waals surface area contributed by atoms with Gasteiger partial charge in [-0.15, -0.1) is 0 Å². The number of halogens is 2. The Kier molecular flexibility index (Phi) is 6.06. The maximum atomic E-state index is 14.6. The first-order valence-electron chi connectivity index (χ1n) is 7.47. The van der Waals surface area contributed by atoms with E-state index in [1.165, 1.54) is 6.07 Å². The standard InChI is InChI=1S/C15H19ClFNO5S/c1-3-22-15-9(4-5-23-24(2,20)21)6-11(16)14(17)13(15)10-7-12(19)18-8-10/h6,10H,3-5,7-8H2,1-2H3,(H,18,19)/t10-/m0/s1. The highest BCUT2D eigenvalue weighted by atomic mass is 35.5. The fraction of sp³-hybridized carbons (Fsp3) is 0.533. The van der Waals surface area contributed by atoms with Gasteiger partial charge in [0.2, 0.25) is 5.91 Å². The molecule has 1 aliphatic rings. The number of carbonyl (C=O) groups is 1. The van der Waals surface area contributed by atoms with Gasteiger partial charge in [-0.3, -0.25) is 8.98 Å². The number of rotatable bonds is 7. The number of ether oxygens (including phenoxy) is 1. The van der Waals surface area contributed by atoms with Gasteiger partial charge in [-0.2, -0.15) is 8.42 Å². The van der Waals surface area contributed by atoms with Crippen molar-refractivity contribution >= 4 is 27.6 Å². The van der Waals surface area contributed by atoms with Crippen LogP contribution >= 0.6 is 11.6 Å². The minimum atomic E-state index is -3.57. The minimum absolute atomic E-state index is 0.0952. The molecule has 0 saturated carbocycles. The maximum absolute atomic E-state index is 14.6. The largest absolute Gasteiger partial charge is 0.493 e. The molecule has 1 fully saturated rings. The maximum Gasteiger partial charge on any atom is 0.264 e. The Morgan fingerprint density at radius 2 is 2.17 bits per heavy atom. The van der Waals surface area contributed by atoms with Crippen molar-refractivity contribution in [3.8, 4) is 5.75 Å². The lowest BCUT2D eigenvalue weighted by Gasteiger charge is -2.20. The molecule has 1 N–H and O–H groups in total. The van der Waals surface area contributed by atoms with Crippen LogP contribution in [0, 0.1) is 5.82 Å². The summed E-state index contributed by atoms with van der Waals surface area (Å²) >= 11 is 5.98. The number of benzene rings is 1. The third-order valence-electron chi connectivity index (χ3n) is 3.63. The van der Waals surface area contributed by atoms with E-state index in [9.17, 15) is 17.6 Å². The van der Waals surface area contributed by atoms with Crippen LogP contribution in [0.2, 0.25) is 5.02 Å². The Bertz CT molecular complexity index is 738. The zero-order chi connectivity index (χ0) is 17.9. The van der Waals surface area contributed by atoms with E-state index in [0.29, 0.717) is 24.5 Å². The topological polar surface area (TPSA) is 81.7 Å². The van der Waals surface area contributed by atoms with Gasteiger partial charge < -0.3 is 10.1 Å². The lowest BCUT2D eigenvalue weighted by Crippen LogP contribution is -2.15. The Morgan fingerprint density at radius 3 is 2.71 bits per heavy atom. The lowest BCUT2D eigenvalue weighted by molar-refractivity contribution is -0.119. The van der Waals surface area contributed by atoms with Crippen molar-refractivity contribution in [2.75, 3.05) is 26.0 Å². The van der Waals surface area contributed by atoms with Crippen LogP contribution in [-0.4, -0.2) is 40.3 Å². The Hall–Kier alpha value is -1.38. The van der Waals surface area contributed by atoms with Crippen molar-refractivity contribution in [3.63, 3.8) is 0 Å². The van der Waals surface area contributed by atoms with Crippen LogP contribution in [0.15, 0.2) is 6.07 Å². The lowest BCUT2D eigenvalue weighted by atomic mass is 9.93. The molecule has 0 aromatic heterocycles. The van der Waals surface area contributed by atoms with Gasteiger partial charge in [0.15, 0.2) is 0 Å². The summed E-state index contributed by atoms with van der Waals surface area (Å²) in [5.41, 5.74) is 0.790. The molecule has 1 aliphatic heterocycles. The van der Waals surface area contributed by atoms with Crippen LogP contribution < -0.4 is 10.1 Å². The van der Waals surface area contributed by atoms with Gasteiger partial charge in [0.1, 0.15) is 11.6 Å². The van der Waals surface area contributed by atoms with Crippen LogP contribution in [0.5, 0.6) is 5.75 Å². The molecule has 0 bridgehead atoms. The molecule has 24 heavy (non-hydrogen) atoms. The quantitative estimate of drug-likeness (QED) is 0.733. The summed E-state index contributed by atoms with van der Waals surface area (Å²) in [4.78, 5) is 11.5. The van der Waals surface area contributed by atoms with E-state index in [4.69, 9.17) is 20.5 Å². The molecule has 1 atom stereocenters. The van der Waals surface area contributed by atoms with Crippen molar-refractivity contribution < 1.29 is 26.5 Å². The summed E-state index contributed by atoms with van der Waals surface area (Å²) in [6.45, 7) is 2.24. The van der Waals surface area contributed by atoms with E-state index in [1.807, 2.05) is 0 Å². The van der Waals surface area contributed by atoms with E-state index in [1.54, 1.807) is 6.92 Å². The van der Waals surface area contributed by atoms with E-state index in [-0.39, 0.29) is 41.9 Å². The Morgan fingerprint density at radius 1 is 1.46 bits per heavy atom. The third kappa shape index (κ3) is 4.58. The highest BCUT2D eigenvalue weighted by molar-refractivity contribution is 7.85. The molecule has 0 aliphatic carbocycles. The second-order valence-corrected chi connectivity index (χ2v) is 7.54. The summed E-state index contributed by atoms with van der Waals surface area (Å²) in [5.74, 6) is -0.858. The molecule has 0 radical (unpaired) electrons. The number of amides is 1. The Balaban J connectivity index is 2.39. The van der Waals surface area contributed by atoms with Crippen molar-refractivity contribution in [2.24, 2.45) is 0 Å². The molecule has 1 aromatic rings. The van der Waals surface area contributed by atoms with Crippen LogP contribution in [-0.2, 0) is 25.5 Å². The van der Waals surface area contributed by atoms with Gasteiger partial charge >= 0.3 is 0 Å². The van der Waals surface area contributed by atoms with Crippen LogP contribution in [0.1, 0.15) is 30.4 Å². The first kappa shape index (κ1) is 19.0. The van der Waals surface area contributed by atoms with Gasteiger partial charge in [-0.05, 0) is 18.6 Å². The van der Waals surface area contributed by atoms with Crippen molar-refractivity contribution in [3.05, 3.63) is 28.0 Å². The summed E-state index contributed by atoms with van der Waals surface area (Å²) in [6.07, 6.45) is 1.29. The highest BCUT2D eigenvalue weighted by Gasteiger charge is 2.31. The number of hydrogen-bond acceptors (Lipinski definition) is 5. The normalized spacial score (nSPS) is 17.8. The average molecular weight is 380 g/mol. The molecule has 0 unspecified atom stereocenters. The SMILES string of the molecule is CCOc1c(CCOS(C)(=O)=O)cc(Cl)c(F)c1[C@@H]1CNC(=O)C1. The zero-order valence-corrected chi connectivity index (χ0v) is 15.0. The summed E-state index contributed by atoms with van der Waals surface area (Å²) in [7, 11) is -3.57. The summed E-state index contributed by atoms with van der Waals surface area (Å²) in [6, 6.07) is 1.40. The Labute approximate surface area is 145 Å². The van der Waals surface area contributed by atoms with Crippen molar-refractivity contribution in [2.45, 2.75) is 25.7 Å². The van der Waals surface area contributed by atoms with Crippen molar-refractivity contribution in [1.82, 2.24) is 5.32 Å². The minimum Gasteiger partial charge on any atom is -0.493 e. The van der Waals surface area contributed by atoms with E-state index in [2.05, 4.69) is 5.32 Å². The number of carbonyl (C=O) groups excluding carboxylic acids is 1. The summed E-state index contributed by atoms with van der Waals surface area (Å²) in [5, 5.41) is 2.56. The van der Waals surface area contributed by atoms with Gasteiger partial charge in [0.25, 0.3) is 10.1 Å². The molecule has 134 valence electrons. The van der Waals surface area contributed by atoms with Crippen molar-refractivity contribution in [1.29, 1.82) is 0 Å². The van der Waals surface area contributed by atoms with Gasteiger partial charge in [0.05, 0.1) is 24.5 Å². The predicted octanol–water partition coefficient (Wildman–Crippen LogP) is 2.00. The molecular weight excluding hydrogens is 361 g/mol. The molecule has 1 aromatic carbocycles. The monoisotopic (exact) mass is 379 g/mol. The smallest absolute Gasteiger partial charge is 0.264 e. The zero-order valence-electron chi connectivity index (χ0n) is 13.4. The van der Waals surface area contributed by atoms with Crippen LogP contribution in [0.3, 0.4) is 0 Å². The second-order valence-electron chi connectivity index (χ2n) is 5.49.